The lowest BCUT2D eigenvalue weighted by atomic mass is 10.0. The molecular formula is C11H14BrIN2. The van der Waals surface area contributed by atoms with Crippen molar-refractivity contribution in [2.45, 2.75) is 18.9 Å². The van der Waals surface area contributed by atoms with Gasteiger partial charge in [0.25, 0.3) is 0 Å². The number of benzene rings is 1. The summed E-state index contributed by atoms with van der Waals surface area (Å²) in [7, 11) is 0. The molecule has 4 heteroatoms. The molecule has 0 heterocycles. The summed E-state index contributed by atoms with van der Waals surface area (Å²) in [4.78, 5) is 0. The largest absolute Gasteiger partial charge is 0.271 e. The Morgan fingerprint density at radius 3 is 2.93 bits per heavy atom. The van der Waals surface area contributed by atoms with Gasteiger partial charge in [-0.15, -0.1) is 6.58 Å². The van der Waals surface area contributed by atoms with Gasteiger partial charge in [-0.1, -0.05) is 22.0 Å². The van der Waals surface area contributed by atoms with Gasteiger partial charge in [0.15, 0.2) is 0 Å². The first kappa shape index (κ1) is 13.2. The second kappa shape index (κ2) is 6.62. The van der Waals surface area contributed by atoms with Crippen LogP contribution in [-0.4, -0.2) is 0 Å². The second-order valence-electron chi connectivity index (χ2n) is 3.25. The monoisotopic (exact) mass is 380 g/mol. The summed E-state index contributed by atoms with van der Waals surface area (Å²) in [5, 5.41) is 0. The van der Waals surface area contributed by atoms with Crippen molar-refractivity contribution in [3.8, 4) is 0 Å². The van der Waals surface area contributed by atoms with Crippen LogP contribution in [0.5, 0.6) is 0 Å². The maximum atomic E-state index is 5.56. The molecule has 0 fully saturated rings. The highest BCUT2D eigenvalue weighted by molar-refractivity contribution is 14.1. The van der Waals surface area contributed by atoms with Crippen LogP contribution in [0, 0.1) is 3.57 Å². The van der Waals surface area contributed by atoms with Crippen LogP contribution in [0.4, 0.5) is 0 Å². The predicted molar refractivity (Wildman–Crippen MR) is 76.4 cm³/mol. The third kappa shape index (κ3) is 3.86. The van der Waals surface area contributed by atoms with E-state index in [1.54, 1.807) is 0 Å². The number of hydrogen-bond acceptors (Lipinski definition) is 2. The second-order valence-corrected chi connectivity index (χ2v) is 5.35. The summed E-state index contributed by atoms with van der Waals surface area (Å²) in [6.45, 7) is 3.72. The summed E-state index contributed by atoms with van der Waals surface area (Å²) in [5.41, 5.74) is 4.04. The van der Waals surface area contributed by atoms with Crippen LogP contribution in [0.1, 0.15) is 24.4 Å². The molecule has 0 saturated carbocycles. The fourth-order valence-corrected chi connectivity index (χ4v) is 2.43. The van der Waals surface area contributed by atoms with Crippen molar-refractivity contribution in [1.82, 2.24) is 5.43 Å². The Labute approximate surface area is 113 Å². The number of nitrogens with one attached hydrogen (secondary N) is 1. The fraction of sp³-hybridized carbons (Fsp3) is 0.273. The summed E-state index contributed by atoms with van der Waals surface area (Å²) in [6, 6.07) is 6.43. The van der Waals surface area contributed by atoms with Crippen molar-refractivity contribution in [2.24, 2.45) is 5.84 Å². The molecule has 0 amide bonds. The summed E-state index contributed by atoms with van der Waals surface area (Å²) in [6.07, 6.45) is 3.82. The van der Waals surface area contributed by atoms with Crippen molar-refractivity contribution in [2.75, 3.05) is 0 Å². The number of halogens is 2. The van der Waals surface area contributed by atoms with Gasteiger partial charge in [-0.2, -0.15) is 0 Å². The molecule has 1 unspecified atom stereocenters. The Morgan fingerprint density at radius 2 is 2.33 bits per heavy atom. The molecule has 1 atom stereocenters. The average molecular weight is 381 g/mol. The molecule has 0 saturated heterocycles. The maximum absolute atomic E-state index is 5.56. The minimum Gasteiger partial charge on any atom is -0.271 e. The van der Waals surface area contributed by atoms with E-state index in [1.165, 1.54) is 9.13 Å². The van der Waals surface area contributed by atoms with Gasteiger partial charge >= 0.3 is 0 Å². The van der Waals surface area contributed by atoms with E-state index < -0.39 is 0 Å². The van der Waals surface area contributed by atoms with Crippen molar-refractivity contribution in [1.29, 1.82) is 0 Å². The Morgan fingerprint density at radius 1 is 1.60 bits per heavy atom. The van der Waals surface area contributed by atoms with E-state index in [2.05, 4.69) is 68.7 Å². The summed E-state index contributed by atoms with van der Waals surface area (Å²) in [5.74, 6) is 5.56. The van der Waals surface area contributed by atoms with Gasteiger partial charge in [-0.05, 0) is 59.2 Å². The van der Waals surface area contributed by atoms with Crippen molar-refractivity contribution >= 4 is 38.5 Å². The van der Waals surface area contributed by atoms with E-state index >= 15 is 0 Å². The van der Waals surface area contributed by atoms with Crippen LogP contribution < -0.4 is 11.3 Å². The van der Waals surface area contributed by atoms with Gasteiger partial charge in [0.2, 0.25) is 0 Å². The average Bonchev–Trinajstić information content (AvgIpc) is 2.24. The van der Waals surface area contributed by atoms with Crippen LogP contribution in [0.25, 0.3) is 0 Å². The SMILES string of the molecule is C=CCCC(NN)c1cc(I)ccc1Br. The Balaban J connectivity index is 2.89. The number of allylic oxidation sites excluding steroid dienone is 1. The Hall–Kier alpha value is 0.0900. The van der Waals surface area contributed by atoms with E-state index in [4.69, 9.17) is 5.84 Å². The van der Waals surface area contributed by atoms with Gasteiger partial charge in [0.05, 0.1) is 0 Å². The molecular weight excluding hydrogens is 367 g/mol. The first-order valence-electron chi connectivity index (χ1n) is 4.71. The number of hydrazine groups is 1. The van der Waals surface area contributed by atoms with E-state index in [-0.39, 0.29) is 6.04 Å². The number of rotatable bonds is 5. The highest BCUT2D eigenvalue weighted by Crippen LogP contribution is 2.27. The van der Waals surface area contributed by atoms with Crippen LogP contribution in [0.15, 0.2) is 35.3 Å². The van der Waals surface area contributed by atoms with Gasteiger partial charge in [-0.3, -0.25) is 11.3 Å². The zero-order valence-corrected chi connectivity index (χ0v) is 12.1. The highest BCUT2D eigenvalue weighted by Gasteiger charge is 2.12. The molecule has 15 heavy (non-hydrogen) atoms. The maximum Gasteiger partial charge on any atom is 0.0474 e. The highest BCUT2D eigenvalue weighted by atomic mass is 127. The molecule has 0 aliphatic heterocycles. The van der Waals surface area contributed by atoms with Crippen molar-refractivity contribution < 1.29 is 0 Å². The van der Waals surface area contributed by atoms with Gasteiger partial charge in [-0.25, -0.2) is 0 Å². The number of hydrogen-bond donors (Lipinski definition) is 2. The minimum atomic E-state index is 0.173. The third-order valence-electron chi connectivity index (χ3n) is 2.19. The van der Waals surface area contributed by atoms with Gasteiger partial charge in [0, 0.05) is 14.1 Å². The molecule has 1 rings (SSSR count). The molecule has 0 bridgehead atoms. The van der Waals surface area contributed by atoms with Gasteiger partial charge < -0.3 is 0 Å². The molecule has 0 aliphatic carbocycles. The molecule has 0 radical (unpaired) electrons. The van der Waals surface area contributed by atoms with Crippen LogP contribution >= 0.6 is 38.5 Å². The third-order valence-corrected chi connectivity index (χ3v) is 3.59. The molecule has 1 aromatic rings. The van der Waals surface area contributed by atoms with Crippen LogP contribution in [0.3, 0.4) is 0 Å². The molecule has 3 N–H and O–H groups in total. The van der Waals surface area contributed by atoms with E-state index in [0.29, 0.717) is 0 Å². The van der Waals surface area contributed by atoms with Crippen molar-refractivity contribution in [3.63, 3.8) is 0 Å². The smallest absolute Gasteiger partial charge is 0.0474 e. The van der Waals surface area contributed by atoms with E-state index in [9.17, 15) is 0 Å². The molecule has 0 spiro atoms. The zero-order chi connectivity index (χ0) is 11.3. The normalized spacial score (nSPS) is 12.5. The number of nitrogens with two attached hydrogens (primary N) is 1. The lowest BCUT2D eigenvalue weighted by Crippen LogP contribution is -2.28. The predicted octanol–water partition coefficient (Wildman–Crippen LogP) is 3.52. The fourth-order valence-electron chi connectivity index (χ4n) is 1.39. The molecule has 82 valence electrons. The van der Waals surface area contributed by atoms with E-state index in [0.717, 1.165) is 17.3 Å². The standard InChI is InChI=1S/C11H14BrIN2/c1-2-3-4-11(15-14)9-7-8(13)5-6-10(9)12/h2,5-7,11,15H,1,3-4,14H2. The van der Waals surface area contributed by atoms with Crippen LogP contribution in [0.2, 0.25) is 0 Å². The lowest BCUT2D eigenvalue weighted by molar-refractivity contribution is 0.519. The molecule has 0 aromatic heterocycles. The first-order valence-corrected chi connectivity index (χ1v) is 6.58. The molecule has 1 aromatic carbocycles. The molecule has 2 nitrogen and oxygen atoms in total. The zero-order valence-electron chi connectivity index (χ0n) is 8.34. The summed E-state index contributed by atoms with van der Waals surface area (Å²) >= 11 is 5.84. The van der Waals surface area contributed by atoms with Crippen molar-refractivity contribution in [3.05, 3.63) is 44.5 Å². The molecule has 0 aliphatic rings. The lowest BCUT2D eigenvalue weighted by Gasteiger charge is -2.17. The Bertz CT molecular complexity index is 341. The Kier molecular flexibility index (Phi) is 5.81. The first-order chi connectivity index (χ1) is 7.19. The van der Waals surface area contributed by atoms with Crippen LogP contribution in [-0.2, 0) is 0 Å². The van der Waals surface area contributed by atoms with E-state index in [1.807, 2.05) is 6.08 Å². The van der Waals surface area contributed by atoms with Gasteiger partial charge in [0.1, 0.15) is 0 Å². The minimum absolute atomic E-state index is 0.173. The quantitative estimate of drug-likeness (QED) is 0.355. The topological polar surface area (TPSA) is 38.0 Å². The summed E-state index contributed by atoms with van der Waals surface area (Å²) < 4.78 is 2.31.